The van der Waals surface area contributed by atoms with Gasteiger partial charge in [0.25, 0.3) is 5.91 Å². The highest BCUT2D eigenvalue weighted by atomic mass is 16.5. The van der Waals surface area contributed by atoms with E-state index >= 15 is 0 Å². The molecule has 3 rings (SSSR count). The fourth-order valence-corrected chi connectivity index (χ4v) is 2.55. The Balaban J connectivity index is 1.68. The maximum atomic E-state index is 12.0. The lowest BCUT2D eigenvalue weighted by molar-refractivity contribution is 0.0912. The van der Waals surface area contributed by atoms with E-state index in [0.29, 0.717) is 6.61 Å². The average Bonchev–Trinajstić information content (AvgIpc) is 3.18. The van der Waals surface area contributed by atoms with Crippen LogP contribution in [0.2, 0.25) is 0 Å². The number of amides is 1. The van der Waals surface area contributed by atoms with Crippen molar-refractivity contribution in [1.82, 2.24) is 10.3 Å². The number of aromatic nitrogens is 1. The number of hydrogen-bond donors (Lipinski definition) is 1. The monoisotopic (exact) mass is 336 g/mol. The second kappa shape index (κ2) is 7.66. The van der Waals surface area contributed by atoms with Crippen LogP contribution in [-0.2, 0) is 0 Å². The van der Waals surface area contributed by atoms with Gasteiger partial charge in [-0.05, 0) is 42.7 Å². The fourth-order valence-electron chi connectivity index (χ4n) is 2.55. The Morgan fingerprint density at radius 2 is 1.76 bits per heavy atom. The molecule has 2 aromatic carbocycles. The molecule has 0 aliphatic rings. The summed E-state index contributed by atoms with van der Waals surface area (Å²) in [4.78, 5) is 15.8. The molecular formula is C20H20N2O3. The summed E-state index contributed by atoms with van der Waals surface area (Å²) >= 11 is 0. The molecule has 128 valence electrons. The largest absolute Gasteiger partial charge is 0.494 e. The van der Waals surface area contributed by atoms with Gasteiger partial charge in [-0.15, -0.1) is 0 Å². The van der Waals surface area contributed by atoms with Gasteiger partial charge < -0.3 is 14.5 Å². The topological polar surface area (TPSA) is 64.4 Å². The zero-order chi connectivity index (χ0) is 17.6. The smallest absolute Gasteiger partial charge is 0.289 e. The minimum atomic E-state index is -0.277. The van der Waals surface area contributed by atoms with Crippen molar-refractivity contribution in [2.45, 2.75) is 19.9 Å². The third-order valence-electron chi connectivity index (χ3n) is 3.91. The van der Waals surface area contributed by atoms with Crippen LogP contribution in [-0.4, -0.2) is 17.5 Å². The summed E-state index contributed by atoms with van der Waals surface area (Å²) in [6.07, 6.45) is 2.64. The summed E-state index contributed by atoms with van der Waals surface area (Å²) in [5, 5.41) is 2.89. The van der Waals surface area contributed by atoms with E-state index < -0.39 is 0 Å². The van der Waals surface area contributed by atoms with E-state index in [0.717, 1.165) is 22.4 Å². The summed E-state index contributed by atoms with van der Waals surface area (Å²) in [6.45, 7) is 4.56. The van der Waals surface area contributed by atoms with E-state index in [1.165, 1.54) is 12.6 Å². The first-order chi connectivity index (χ1) is 12.2. The Hall–Kier alpha value is -3.08. The van der Waals surface area contributed by atoms with Crippen LogP contribution < -0.4 is 10.1 Å². The van der Waals surface area contributed by atoms with Gasteiger partial charge in [-0.1, -0.05) is 36.4 Å². The van der Waals surface area contributed by atoms with Gasteiger partial charge in [0, 0.05) is 0 Å². The van der Waals surface area contributed by atoms with Crippen LogP contribution in [0, 0.1) is 0 Å². The molecule has 0 saturated heterocycles. The van der Waals surface area contributed by atoms with Gasteiger partial charge in [0.2, 0.25) is 5.76 Å². The molecule has 1 aromatic heterocycles. The Morgan fingerprint density at radius 1 is 1.12 bits per heavy atom. The van der Waals surface area contributed by atoms with Crippen LogP contribution in [0.15, 0.2) is 65.5 Å². The molecule has 0 fully saturated rings. The Morgan fingerprint density at radius 3 is 2.32 bits per heavy atom. The highest BCUT2D eigenvalue weighted by molar-refractivity contribution is 5.91. The van der Waals surface area contributed by atoms with Gasteiger partial charge >= 0.3 is 0 Å². The molecule has 5 nitrogen and oxygen atoms in total. The van der Waals surface area contributed by atoms with Crippen LogP contribution in [0.1, 0.15) is 36.0 Å². The SMILES string of the molecule is CCOc1ccc(-c2ccc(C(C)NC(=O)c3cnco3)cc2)cc1. The number of oxazole rings is 1. The maximum Gasteiger partial charge on any atom is 0.289 e. The molecular weight excluding hydrogens is 316 g/mol. The Bertz CT molecular complexity index is 809. The summed E-state index contributed by atoms with van der Waals surface area (Å²) < 4.78 is 10.5. The fraction of sp³-hybridized carbons (Fsp3) is 0.200. The predicted molar refractivity (Wildman–Crippen MR) is 95.4 cm³/mol. The molecule has 3 aromatic rings. The summed E-state index contributed by atoms with van der Waals surface area (Å²) in [5.74, 6) is 0.796. The van der Waals surface area contributed by atoms with Crippen LogP contribution >= 0.6 is 0 Å². The lowest BCUT2D eigenvalue weighted by atomic mass is 10.0. The number of carbonyl (C=O) groups is 1. The van der Waals surface area contributed by atoms with Crippen LogP contribution in [0.4, 0.5) is 0 Å². The zero-order valence-electron chi connectivity index (χ0n) is 14.2. The van der Waals surface area contributed by atoms with E-state index in [2.05, 4.69) is 10.3 Å². The van der Waals surface area contributed by atoms with E-state index in [9.17, 15) is 4.79 Å². The van der Waals surface area contributed by atoms with E-state index in [4.69, 9.17) is 9.15 Å². The van der Waals surface area contributed by atoms with Crippen molar-refractivity contribution < 1.29 is 13.9 Å². The van der Waals surface area contributed by atoms with Crippen LogP contribution in [0.5, 0.6) is 5.75 Å². The summed E-state index contributed by atoms with van der Waals surface area (Å²) in [6, 6.07) is 16.0. The molecule has 0 saturated carbocycles. The highest BCUT2D eigenvalue weighted by Gasteiger charge is 2.14. The number of rotatable bonds is 6. The molecule has 1 amide bonds. The van der Waals surface area contributed by atoms with Crippen molar-refractivity contribution in [1.29, 1.82) is 0 Å². The standard InChI is InChI=1S/C20H20N2O3/c1-3-24-18-10-8-17(9-11-18)16-6-4-15(5-7-16)14(2)22-20(23)19-12-21-13-25-19/h4-14H,3H2,1-2H3,(H,22,23). The second-order valence-electron chi connectivity index (χ2n) is 5.64. The van der Waals surface area contributed by atoms with Crippen molar-refractivity contribution in [2.75, 3.05) is 6.61 Å². The summed E-state index contributed by atoms with van der Waals surface area (Å²) in [7, 11) is 0. The van der Waals surface area contributed by atoms with Crippen molar-refractivity contribution in [3.8, 4) is 16.9 Å². The third kappa shape index (κ3) is 4.07. The lowest BCUT2D eigenvalue weighted by Crippen LogP contribution is -2.26. The number of nitrogens with zero attached hydrogens (tertiary/aromatic N) is 1. The molecule has 0 radical (unpaired) electrons. The molecule has 0 aliphatic heterocycles. The van der Waals surface area contributed by atoms with Gasteiger partial charge in [-0.2, -0.15) is 0 Å². The molecule has 5 heteroatoms. The second-order valence-corrected chi connectivity index (χ2v) is 5.64. The number of carbonyl (C=O) groups excluding carboxylic acids is 1. The van der Waals surface area contributed by atoms with E-state index in [-0.39, 0.29) is 17.7 Å². The first-order valence-corrected chi connectivity index (χ1v) is 8.20. The maximum absolute atomic E-state index is 12.0. The van der Waals surface area contributed by atoms with Gasteiger partial charge in [-0.25, -0.2) is 4.98 Å². The average molecular weight is 336 g/mol. The van der Waals surface area contributed by atoms with Gasteiger partial charge in [0.15, 0.2) is 6.39 Å². The summed E-state index contributed by atoms with van der Waals surface area (Å²) in [5.41, 5.74) is 3.25. The minimum absolute atomic E-state index is 0.132. The number of benzene rings is 2. The number of nitrogens with one attached hydrogen (secondary N) is 1. The Labute approximate surface area is 146 Å². The molecule has 1 heterocycles. The molecule has 25 heavy (non-hydrogen) atoms. The van der Waals surface area contributed by atoms with Crippen molar-refractivity contribution in [2.24, 2.45) is 0 Å². The lowest BCUT2D eigenvalue weighted by Gasteiger charge is -2.14. The van der Waals surface area contributed by atoms with Crippen LogP contribution in [0.3, 0.4) is 0 Å². The minimum Gasteiger partial charge on any atom is -0.494 e. The van der Waals surface area contributed by atoms with E-state index in [1.807, 2.05) is 62.4 Å². The van der Waals surface area contributed by atoms with Crippen molar-refractivity contribution in [3.05, 3.63) is 72.4 Å². The normalized spacial score (nSPS) is 11.8. The molecule has 0 spiro atoms. The van der Waals surface area contributed by atoms with Crippen LogP contribution in [0.25, 0.3) is 11.1 Å². The molecule has 1 unspecified atom stereocenters. The first-order valence-electron chi connectivity index (χ1n) is 8.20. The predicted octanol–water partition coefficient (Wildman–Crippen LogP) is 4.23. The first kappa shape index (κ1) is 16.8. The molecule has 1 N–H and O–H groups in total. The molecule has 0 aliphatic carbocycles. The Kier molecular flexibility index (Phi) is 5.14. The van der Waals surface area contributed by atoms with Gasteiger partial charge in [0.05, 0.1) is 18.8 Å². The highest BCUT2D eigenvalue weighted by Crippen LogP contribution is 2.24. The molecule has 1 atom stereocenters. The quantitative estimate of drug-likeness (QED) is 0.731. The van der Waals surface area contributed by atoms with Gasteiger partial charge in [-0.3, -0.25) is 4.79 Å². The third-order valence-corrected chi connectivity index (χ3v) is 3.91. The molecule has 0 bridgehead atoms. The zero-order valence-corrected chi connectivity index (χ0v) is 14.2. The number of hydrogen-bond acceptors (Lipinski definition) is 4. The van der Waals surface area contributed by atoms with Crippen molar-refractivity contribution in [3.63, 3.8) is 0 Å². The van der Waals surface area contributed by atoms with E-state index in [1.54, 1.807) is 0 Å². The van der Waals surface area contributed by atoms with Crippen molar-refractivity contribution >= 4 is 5.91 Å². The number of ether oxygens (including phenoxy) is 1. The van der Waals surface area contributed by atoms with Gasteiger partial charge in [0.1, 0.15) is 5.75 Å².